The molecule has 0 radical (unpaired) electrons. The lowest BCUT2D eigenvalue weighted by Crippen LogP contribution is -2.32. The van der Waals surface area contributed by atoms with Gasteiger partial charge in [0.25, 0.3) is 5.91 Å². The zero-order chi connectivity index (χ0) is 17.9. The van der Waals surface area contributed by atoms with Crippen LogP contribution >= 0.6 is 0 Å². The molecule has 5 rings (SSSR count). The fourth-order valence-corrected chi connectivity index (χ4v) is 5.17. The van der Waals surface area contributed by atoms with Crippen LogP contribution in [0.2, 0.25) is 0 Å². The maximum absolute atomic E-state index is 13.1. The van der Waals surface area contributed by atoms with Crippen LogP contribution in [0.25, 0.3) is 0 Å². The summed E-state index contributed by atoms with van der Waals surface area (Å²) in [5.41, 5.74) is 2.10. The molecule has 7 heteroatoms. The van der Waals surface area contributed by atoms with Gasteiger partial charge in [-0.2, -0.15) is 0 Å². The summed E-state index contributed by atoms with van der Waals surface area (Å²) in [6, 6.07) is 7.17. The number of sulfone groups is 1. The van der Waals surface area contributed by atoms with Gasteiger partial charge in [-0.15, -0.1) is 0 Å². The van der Waals surface area contributed by atoms with E-state index in [0.29, 0.717) is 29.3 Å². The number of aryl methyl sites for hydroxylation is 1. The van der Waals surface area contributed by atoms with Gasteiger partial charge in [0.2, 0.25) is 0 Å². The summed E-state index contributed by atoms with van der Waals surface area (Å²) in [6.07, 6.45) is 4.78. The fraction of sp³-hybridized carbons (Fsp3) is 0.474. The predicted octanol–water partition coefficient (Wildman–Crippen LogP) is 2.69. The van der Waals surface area contributed by atoms with E-state index >= 15 is 0 Å². The number of amides is 1. The van der Waals surface area contributed by atoms with Gasteiger partial charge in [0, 0.05) is 23.6 Å². The van der Waals surface area contributed by atoms with E-state index in [4.69, 9.17) is 4.52 Å². The lowest BCUT2D eigenvalue weighted by atomic mass is 10.1. The number of hydrogen-bond donors (Lipinski definition) is 0. The molecule has 1 aromatic carbocycles. The standard InChI is InChI=1S/C19H20N2O4S/c22-19(14-3-6-18-13(9-14)7-8-26(18,23)24)21(16-4-5-16)11-15-10-17(25-20-15)12-1-2-12/h3,6,9-10,12,16H,1-2,4-5,7-8,11H2. The molecule has 6 nitrogen and oxygen atoms in total. The van der Waals surface area contributed by atoms with Crippen LogP contribution in [0.4, 0.5) is 0 Å². The molecule has 2 heterocycles. The molecule has 1 aromatic heterocycles. The van der Waals surface area contributed by atoms with Crippen LogP contribution in [-0.2, 0) is 22.8 Å². The molecule has 26 heavy (non-hydrogen) atoms. The Morgan fingerprint density at radius 3 is 2.73 bits per heavy atom. The van der Waals surface area contributed by atoms with E-state index in [1.165, 1.54) is 0 Å². The van der Waals surface area contributed by atoms with Gasteiger partial charge >= 0.3 is 0 Å². The SMILES string of the molecule is O=C(c1ccc2c(c1)CCS2(=O)=O)N(Cc1cc(C2CC2)on1)C1CC1. The topological polar surface area (TPSA) is 80.5 Å². The Morgan fingerprint density at radius 2 is 2.00 bits per heavy atom. The highest BCUT2D eigenvalue weighted by Gasteiger charge is 2.35. The van der Waals surface area contributed by atoms with Gasteiger partial charge in [0.15, 0.2) is 9.84 Å². The number of carbonyl (C=O) groups is 1. The maximum Gasteiger partial charge on any atom is 0.254 e. The average Bonchev–Trinajstić information content (AvgIpc) is 3.56. The van der Waals surface area contributed by atoms with Crippen LogP contribution < -0.4 is 0 Å². The second-order valence-electron chi connectivity index (χ2n) is 7.55. The largest absolute Gasteiger partial charge is 0.361 e. The monoisotopic (exact) mass is 372 g/mol. The predicted molar refractivity (Wildman–Crippen MR) is 93.6 cm³/mol. The quantitative estimate of drug-likeness (QED) is 0.806. The number of carbonyl (C=O) groups excluding carboxylic acids is 1. The third-order valence-electron chi connectivity index (χ3n) is 5.42. The number of fused-ring (bicyclic) bond motifs is 1. The normalized spacial score (nSPS) is 20.8. The molecule has 2 aliphatic carbocycles. The second kappa shape index (κ2) is 5.67. The van der Waals surface area contributed by atoms with E-state index in [1.54, 1.807) is 18.2 Å². The molecule has 0 saturated heterocycles. The van der Waals surface area contributed by atoms with Crippen LogP contribution in [-0.4, -0.2) is 36.2 Å². The van der Waals surface area contributed by atoms with E-state index < -0.39 is 9.84 Å². The number of nitrogens with zero attached hydrogens (tertiary/aromatic N) is 2. The van der Waals surface area contributed by atoms with Crippen molar-refractivity contribution in [3.05, 3.63) is 46.8 Å². The Labute approximate surface area is 152 Å². The van der Waals surface area contributed by atoms with Gasteiger partial charge in [-0.1, -0.05) is 5.16 Å². The van der Waals surface area contributed by atoms with Crippen molar-refractivity contribution in [1.82, 2.24) is 10.1 Å². The summed E-state index contributed by atoms with van der Waals surface area (Å²) in [4.78, 5) is 15.3. The summed E-state index contributed by atoms with van der Waals surface area (Å²) in [6.45, 7) is 0.440. The summed E-state index contributed by atoms with van der Waals surface area (Å²) < 4.78 is 29.4. The zero-order valence-corrected chi connectivity index (χ0v) is 15.2. The van der Waals surface area contributed by atoms with E-state index in [9.17, 15) is 13.2 Å². The Bertz CT molecular complexity index is 987. The van der Waals surface area contributed by atoms with Crippen molar-refractivity contribution in [1.29, 1.82) is 0 Å². The molecular formula is C19H20N2O4S. The summed E-state index contributed by atoms with van der Waals surface area (Å²) in [7, 11) is -3.17. The molecule has 0 N–H and O–H groups in total. The van der Waals surface area contributed by atoms with Gasteiger partial charge in [-0.3, -0.25) is 4.79 Å². The van der Waals surface area contributed by atoms with Crippen molar-refractivity contribution in [2.45, 2.75) is 55.5 Å². The first-order chi connectivity index (χ1) is 12.5. The molecular weight excluding hydrogens is 352 g/mol. The van der Waals surface area contributed by atoms with Crippen molar-refractivity contribution in [2.24, 2.45) is 0 Å². The Hall–Kier alpha value is -2.15. The minimum absolute atomic E-state index is 0.0597. The zero-order valence-electron chi connectivity index (χ0n) is 14.3. The molecule has 1 amide bonds. The molecule has 3 aliphatic rings. The molecule has 2 saturated carbocycles. The lowest BCUT2D eigenvalue weighted by Gasteiger charge is -2.21. The average molecular weight is 372 g/mol. The highest BCUT2D eigenvalue weighted by Crippen LogP contribution is 2.40. The molecule has 2 fully saturated rings. The first-order valence-electron chi connectivity index (χ1n) is 9.13. The van der Waals surface area contributed by atoms with Gasteiger partial charge in [-0.25, -0.2) is 8.42 Å². The smallest absolute Gasteiger partial charge is 0.254 e. The van der Waals surface area contributed by atoms with Crippen molar-refractivity contribution < 1.29 is 17.7 Å². The molecule has 1 aliphatic heterocycles. The van der Waals surface area contributed by atoms with Crippen LogP contribution in [0.5, 0.6) is 0 Å². The van der Waals surface area contributed by atoms with Crippen molar-refractivity contribution >= 4 is 15.7 Å². The van der Waals surface area contributed by atoms with Crippen LogP contribution in [0, 0.1) is 0 Å². The molecule has 2 aromatic rings. The number of aromatic nitrogens is 1. The highest BCUT2D eigenvalue weighted by atomic mass is 32.2. The summed E-state index contributed by atoms with van der Waals surface area (Å²) in [5, 5.41) is 4.13. The minimum atomic E-state index is -3.17. The molecule has 0 unspecified atom stereocenters. The number of benzene rings is 1. The minimum Gasteiger partial charge on any atom is -0.361 e. The Morgan fingerprint density at radius 1 is 1.19 bits per heavy atom. The van der Waals surface area contributed by atoms with Crippen LogP contribution in [0.15, 0.2) is 33.7 Å². The van der Waals surface area contributed by atoms with Gasteiger partial charge in [0.05, 0.1) is 17.2 Å². The lowest BCUT2D eigenvalue weighted by molar-refractivity contribution is 0.0726. The molecule has 0 bridgehead atoms. The van der Waals surface area contributed by atoms with Crippen LogP contribution in [0.3, 0.4) is 0 Å². The first-order valence-corrected chi connectivity index (χ1v) is 10.8. The van der Waals surface area contributed by atoms with E-state index in [-0.39, 0.29) is 17.7 Å². The second-order valence-corrected chi connectivity index (χ2v) is 9.63. The summed E-state index contributed by atoms with van der Waals surface area (Å²) in [5.74, 6) is 1.50. The third-order valence-corrected chi connectivity index (χ3v) is 7.23. The van der Waals surface area contributed by atoms with Crippen molar-refractivity contribution in [2.75, 3.05) is 5.75 Å². The highest BCUT2D eigenvalue weighted by molar-refractivity contribution is 7.91. The molecule has 0 spiro atoms. The van der Waals surface area contributed by atoms with Gasteiger partial charge < -0.3 is 9.42 Å². The van der Waals surface area contributed by atoms with E-state index in [0.717, 1.165) is 42.7 Å². The maximum atomic E-state index is 13.1. The van der Waals surface area contributed by atoms with Crippen LogP contribution in [0.1, 0.15) is 59.0 Å². The van der Waals surface area contributed by atoms with Gasteiger partial charge in [0.1, 0.15) is 11.5 Å². The third kappa shape index (κ3) is 2.84. The van der Waals surface area contributed by atoms with Crippen molar-refractivity contribution in [3.8, 4) is 0 Å². The number of hydrogen-bond acceptors (Lipinski definition) is 5. The fourth-order valence-electron chi connectivity index (χ4n) is 3.62. The van der Waals surface area contributed by atoms with Crippen molar-refractivity contribution in [3.63, 3.8) is 0 Å². The molecule has 0 atom stereocenters. The Balaban J connectivity index is 1.39. The molecule has 136 valence electrons. The first kappa shape index (κ1) is 16.1. The van der Waals surface area contributed by atoms with Gasteiger partial charge in [-0.05, 0) is 55.9 Å². The summed E-state index contributed by atoms with van der Waals surface area (Å²) >= 11 is 0. The van der Waals surface area contributed by atoms with E-state index in [2.05, 4.69) is 5.16 Å². The number of rotatable bonds is 5. The Kier molecular flexibility index (Phi) is 3.50. The van der Waals surface area contributed by atoms with E-state index in [1.807, 2.05) is 11.0 Å².